The molecule has 1 unspecified atom stereocenters. The van der Waals surface area contributed by atoms with E-state index in [0.717, 1.165) is 0 Å². The van der Waals surface area contributed by atoms with Gasteiger partial charge in [-0.15, -0.1) is 0 Å². The first kappa shape index (κ1) is 14.9. The zero-order valence-electron chi connectivity index (χ0n) is 10.7. The van der Waals surface area contributed by atoms with E-state index in [1.807, 2.05) is 18.7 Å². The smallest absolute Gasteiger partial charge is 0.339 e. The Morgan fingerprint density at radius 3 is 2.83 bits per heavy atom. The van der Waals surface area contributed by atoms with Gasteiger partial charge in [0.2, 0.25) is 0 Å². The van der Waals surface area contributed by atoms with E-state index in [9.17, 15) is 9.90 Å². The Balaban J connectivity index is 3.16. The third-order valence-electron chi connectivity index (χ3n) is 2.62. The van der Waals surface area contributed by atoms with E-state index >= 15 is 0 Å². The molecule has 0 saturated carbocycles. The molecular formula is C12H17BrN2O3. The molecular weight excluding hydrogens is 300 g/mol. The number of rotatable bonds is 6. The third-order valence-corrected chi connectivity index (χ3v) is 3.05. The number of methoxy groups -OCH3 is 1. The highest BCUT2D eigenvalue weighted by atomic mass is 79.9. The van der Waals surface area contributed by atoms with E-state index in [2.05, 4.69) is 20.9 Å². The Morgan fingerprint density at radius 2 is 2.33 bits per heavy atom. The summed E-state index contributed by atoms with van der Waals surface area (Å²) in [6, 6.07) is 1.62. The highest BCUT2D eigenvalue weighted by Gasteiger charge is 2.21. The minimum absolute atomic E-state index is 0.0618. The molecule has 0 amide bonds. The van der Waals surface area contributed by atoms with Crippen LogP contribution in [0.15, 0.2) is 16.7 Å². The SMILES string of the molecule is CCN(c1ncc(Br)cc1C(=O)O)C(C)COC. The van der Waals surface area contributed by atoms with Crippen LogP contribution in [-0.4, -0.2) is 42.4 Å². The van der Waals surface area contributed by atoms with E-state index in [-0.39, 0.29) is 11.6 Å². The van der Waals surface area contributed by atoms with E-state index in [4.69, 9.17) is 4.74 Å². The van der Waals surface area contributed by atoms with Crippen LogP contribution in [0.5, 0.6) is 0 Å². The third kappa shape index (κ3) is 3.43. The topological polar surface area (TPSA) is 62.7 Å². The van der Waals surface area contributed by atoms with Crippen molar-refractivity contribution in [2.24, 2.45) is 0 Å². The number of aromatic nitrogens is 1. The van der Waals surface area contributed by atoms with E-state index in [1.54, 1.807) is 19.4 Å². The molecule has 0 aliphatic rings. The van der Waals surface area contributed by atoms with Crippen LogP contribution in [0.25, 0.3) is 0 Å². The second-order valence-electron chi connectivity index (χ2n) is 3.92. The Kier molecular flexibility index (Phi) is 5.55. The molecule has 0 aromatic carbocycles. The molecule has 0 spiro atoms. The van der Waals surface area contributed by atoms with Gasteiger partial charge in [-0.1, -0.05) is 0 Å². The summed E-state index contributed by atoms with van der Waals surface area (Å²) in [5.74, 6) is -0.514. The maximum Gasteiger partial charge on any atom is 0.339 e. The van der Waals surface area contributed by atoms with Crippen molar-refractivity contribution in [3.63, 3.8) is 0 Å². The van der Waals surface area contributed by atoms with Crippen molar-refractivity contribution in [3.05, 3.63) is 22.3 Å². The van der Waals surface area contributed by atoms with Gasteiger partial charge in [0.25, 0.3) is 0 Å². The Hall–Kier alpha value is -1.14. The number of hydrogen-bond donors (Lipinski definition) is 1. The number of carboxylic acid groups (broad SMARTS) is 1. The molecule has 0 bridgehead atoms. The summed E-state index contributed by atoms with van der Waals surface area (Å²) < 4.78 is 5.76. The normalized spacial score (nSPS) is 12.2. The average molecular weight is 317 g/mol. The number of carboxylic acids is 1. The molecule has 1 atom stereocenters. The standard InChI is InChI=1S/C12H17BrN2O3/c1-4-15(8(2)7-18-3)11-10(12(16)17)5-9(13)6-14-11/h5-6,8H,4,7H2,1-3H3,(H,16,17). The minimum Gasteiger partial charge on any atom is -0.478 e. The molecule has 1 rings (SSSR count). The molecule has 18 heavy (non-hydrogen) atoms. The lowest BCUT2D eigenvalue weighted by atomic mass is 10.2. The zero-order chi connectivity index (χ0) is 13.7. The lowest BCUT2D eigenvalue weighted by Crippen LogP contribution is -2.37. The number of carbonyl (C=O) groups is 1. The maximum atomic E-state index is 11.3. The maximum absolute atomic E-state index is 11.3. The number of anilines is 1. The van der Waals surface area contributed by atoms with Crippen LogP contribution in [0.4, 0.5) is 5.82 Å². The van der Waals surface area contributed by atoms with Crippen LogP contribution >= 0.6 is 15.9 Å². The highest BCUT2D eigenvalue weighted by Crippen LogP contribution is 2.23. The highest BCUT2D eigenvalue weighted by molar-refractivity contribution is 9.10. The molecule has 100 valence electrons. The van der Waals surface area contributed by atoms with E-state index in [1.165, 1.54) is 0 Å². The zero-order valence-corrected chi connectivity index (χ0v) is 12.3. The van der Waals surface area contributed by atoms with Crippen molar-refractivity contribution >= 4 is 27.7 Å². The van der Waals surface area contributed by atoms with Crippen molar-refractivity contribution in [1.82, 2.24) is 4.98 Å². The van der Waals surface area contributed by atoms with Gasteiger partial charge < -0.3 is 14.7 Å². The van der Waals surface area contributed by atoms with Crippen molar-refractivity contribution in [2.75, 3.05) is 25.2 Å². The summed E-state index contributed by atoms with van der Waals surface area (Å²) in [7, 11) is 1.62. The first-order chi connectivity index (χ1) is 8.51. The molecule has 0 aliphatic carbocycles. The van der Waals surface area contributed by atoms with Crippen LogP contribution in [0, 0.1) is 0 Å². The van der Waals surface area contributed by atoms with Gasteiger partial charge in [-0.25, -0.2) is 9.78 Å². The Labute approximate surface area is 115 Å². The van der Waals surface area contributed by atoms with Crippen LogP contribution in [0.2, 0.25) is 0 Å². The predicted octanol–water partition coefficient (Wildman–Crippen LogP) is 2.40. The van der Waals surface area contributed by atoms with Crippen LogP contribution < -0.4 is 4.90 Å². The number of likely N-dealkylation sites (N-methyl/N-ethyl adjacent to an activating group) is 1. The molecule has 1 N–H and O–H groups in total. The fourth-order valence-corrected chi connectivity index (χ4v) is 2.15. The fourth-order valence-electron chi connectivity index (χ4n) is 1.82. The van der Waals surface area contributed by atoms with Crippen molar-refractivity contribution in [3.8, 4) is 0 Å². The number of halogens is 1. The number of aromatic carboxylic acids is 1. The van der Waals surface area contributed by atoms with Gasteiger partial charge in [-0.05, 0) is 35.8 Å². The molecule has 6 heteroatoms. The monoisotopic (exact) mass is 316 g/mol. The molecule has 1 heterocycles. The molecule has 1 aromatic rings. The van der Waals surface area contributed by atoms with Gasteiger partial charge in [-0.3, -0.25) is 0 Å². The largest absolute Gasteiger partial charge is 0.478 e. The minimum atomic E-state index is -0.984. The number of pyridine rings is 1. The molecule has 5 nitrogen and oxygen atoms in total. The van der Waals surface area contributed by atoms with Gasteiger partial charge in [0, 0.05) is 24.3 Å². The molecule has 0 saturated heterocycles. The van der Waals surface area contributed by atoms with Gasteiger partial charge >= 0.3 is 5.97 Å². The molecule has 0 fully saturated rings. The summed E-state index contributed by atoms with van der Waals surface area (Å²) in [6.07, 6.45) is 1.60. The van der Waals surface area contributed by atoms with Crippen LogP contribution in [0.1, 0.15) is 24.2 Å². The molecule has 1 aromatic heterocycles. The van der Waals surface area contributed by atoms with E-state index in [0.29, 0.717) is 23.4 Å². The summed E-state index contributed by atoms with van der Waals surface area (Å²) in [5.41, 5.74) is 0.189. The lowest BCUT2D eigenvalue weighted by molar-refractivity contribution is 0.0696. The summed E-state index contributed by atoms with van der Waals surface area (Å²) in [6.45, 7) is 5.12. The first-order valence-electron chi connectivity index (χ1n) is 5.65. The average Bonchev–Trinajstić information content (AvgIpc) is 2.32. The predicted molar refractivity (Wildman–Crippen MR) is 73.3 cm³/mol. The summed E-state index contributed by atoms with van der Waals surface area (Å²) in [5, 5.41) is 9.23. The number of ether oxygens (including phenoxy) is 1. The lowest BCUT2D eigenvalue weighted by Gasteiger charge is -2.29. The summed E-state index contributed by atoms with van der Waals surface area (Å²) >= 11 is 3.23. The van der Waals surface area contributed by atoms with Gasteiger partial charge in [0.05, 0.1) is 12.6 Å². The van der Waals surface area contributed by atoms with Crippen LogP contribution in [0.3, 0.4) is 0 Å². The van der Waals surface area contributed by atoms with Crippen molar-refractivity contribution < 1.29 is 14.6 Å². The van der Waals surface area contributed by atoms with Gasteiger partial charge in [0.15, 0.2) is 0 Å². The van der Waals surface area contributed by atoms with Gasteiger partial charge in [0.1, 0.15) is 11.4 Å². The Morgan fingerprint density at radius 1 is 1.67 bits per heavy atom. The summed E-state index contributed by atoms with van der Waals surface area (Å²) in [4.78, 5) is 17.4. The first-order valence-corrected chi connectivity index (χ1v) is 6.45. The number of nitrogens with zero attached hydrogens (tertiary/aromatic N) is 2. The van der Waals surface area contributed by atoms with Crippen molar-refractivity contribution in [2.45, 2.75) is 19.9 Å². The molecule has 0 radical (unpaired) electrons. The fraction of sp³-hybridized carbons (Fsp3) is 0.500. The second-order valence-corrected chi connectivity index (χ2v) is 4.84. The van der Waals surface area contributed by atoms with Gasteiger partial charge in [-0.2, -0.15) is 0 Å². The Bertz CT molecular complexity index is 426. The number of hydrogen-bond acceptors (Lipinski definition) is 4. The van der Waals surface area contributed by atoms with Crippen LogP contribution in [-0.2, 0) is 4.74 Å². The molecule has 0 aliphatic heterocycles. The second kappa shape index (κ2) is 6.70. The quantitative estimate of drug-likeness (QED) is 0.873. The van der Waals surface area contributed by atoms with Crippen molar-refractivity contribution in [1.29, 1.82) is 0 Å². The van der Waals surface area contributed by atoms with E-state index < -0.39 is 5.97 Å².